The topological polar surface area (TPSA) is 38.9 Å². The maximum Gasteiger partial charge on any atom is 0.121 e. The average Bonchev–Trinajstić information content (AvgIpc) is 3.39. The average molecular weight is 781 g/mol. The molecule has 0 aliphatic heterocycles. The molecule has 5 heteroatoms. The van der Waals surface area contributed by atoms with Gasteiger partial charge >= 0.3 is 0 Å². The molecular formula is C40H36IrN2OSi-2. The fourth-order valence-corrected chi connectivity index (χ4v) is 6.51. The number of benzene rings is 4. The number of aromatic nitrogens is 2. The van der Waals surface area contributed by atoms with Crippen molar-refractivity contribution >= 4 is 35.2 Å². The summed E-state index contributed by atoms with van der Waals surface area (Å²) in [5.74, 6) is 0. The number of aryl methyl sites for hydroxylation is 3. The van der Waals surface area contributed by atoms with Crippen molar-refractivity contribution in [1.82, 2.24) is 9.97 Å². The smallest absolute Gasteiger partial charge is 0.121 e. The largest absolute Gasteiger partial charge is 0.501 e. The molecular weight excluding hydrogens is 745 g/mol. The first-order chi connectivity index (χ1) is 21.2. The van der Waals surface area contributed by atoms with Crippen LogP contribution in [-0.2, 0) is 20.1 Å². The second-order valence-electron chi connectivity index (χ2n) is 12.5. The van der Waals surface area contributed by atoms with Gasteiger partial charge in [-0.2, -0.15) is 0 Å². The Morgan fingerprint density at radius 2 is 1.44 bits per heavy atom. The van der Waals surface area contributed by atoms with Crippen LogP contribution in [0.4, 0.5) is 0 Å². The van der Waals surface area contributed by atoms with Gasteiger partial charge in [-0.3, -0.25) is 0 Å². The second-order valence-corrected chi connectivity index (χ2v) is 17.5. The van der Waals surface area contributed by atoms with Crippen LogP contribution in [0.3, 0.4) is 0 Å². The summed E-state index contributed by atoms with van der Waals surface area (Å²) in [6.45, 7) is 13.3. The summed E-state index contributed by atoms with van der Waals surface area (Å²) in [5.41, 5.74) is 11.7. The molecule has 0 saturated heterocycles. The van der Waals surface area contributed by atoms with Gasteiger partial charge in [0, 0.05) is 37.9 Å². The number of fused-ring (bicyclic) bond motifs is 3. The summed E-state index contributed by atoms with van der Waals surface area (Å²) in [5, 5.41) is 3.61. The molecule has 0 amide bonds. The maximum absolute atomic E-state index is 6.33. The van der Waals surface area contributed by atoms with Crippen LogP contribution in [0.2, 0.25) is 19.6 Å². The van der Waals surface area contributed by atoms with Gasteiger partial charge in [0.2, 0.25) is 0 Å². The Kier molecular flexibility index (Phi) is 9.64. The maximum atomic E-state index is 6.33. The number of rotatable bonds is 4. The van der Waals surface area contributed by atoms with Crippen molar-refractivity contribution in [1.29, 1.82) is 0 Å². The van der Waals surface area contributed by atoms with Gasteiger partial charge in [-0.05, 0) is 60.6 Å². The quantitative estimate of drug-likeness (QED) is 0.132. The molecule has 4 aromatic carbocycles. The third-order valence-corrected chi connectivity index (χ3v) is 9.80. The zero-order valence-electron chi connectivity index (χ0n) is 26.5. The van der Waals surface area contributed by atoms with E-state index in [2.05, 4.69) is 123 Å². The minimum absolute atomic E-state index is 0. The van der Waals surface area contributed by atoms with E-state index in [9.17, 15) is 0 Å². The second kappa shape index (κ2) is 13.5. The van der Waals surface area contributed by atoms with Crippen molar-refractivity contribution in [2.45, 2.75) is 40.4 Å². The van der Waals surface area contributed by atoms with Gasteiger partial charge < -0.3 is 14.4 Å². The van der Waals surface area contributed by atoms with E-state index in [1.807, 2.05) is 48.8 Å². The van der Waals surface area contributed by atoms with E-state index in [-0.39, 0.29) is 20.1 Å². The number of furan rings is 1. The molecule has 0 aliphatic carbocycles. The normalized spacial score (nSPS) is 11.2. The first-order valence-corrected chi connectivity index (χ1v) is 18.5. The van der Waals surface area contributed by atoms with E-state index < -0.39 is 8.07 Å². The van der Waals surface area contributed by atoms with Gasteiger partial charge in [-0.25, -0.2) is 0 Å². The van der Waals surface area contributed by atoms with Crippen LogP contribution >= 0.6 is 0 Å². The molecule has 7 rings (SSSR count). The van der Waals surface area contributed by atoms with Gasteiger partial charge in [0.15, 0.2) is 0 Å². The molecule has 227 valence electrons. The summed E-state index contributed by atoms with van der Waals surface area (Å²) in [6.07, 6.45) is 3.85. The van der Waals surface area contributed by atoms with Crippen molar-refractivity contribution in [2.75, 3.05) is 0 Å². The molecule has 0 unspecified atom stereocenters. The standard InChI is InChI=1S/C26H20NO.C14H16NSi.Ir/c1-16-9-10-27-24(14-16)23-6-4-5-22-21-8-7-19(15-25(21)28-26(22)23)20-12-17(2)11-18(3)13-20;1-16(2,3)13-9-10-14(15-11-13)12-7-5-4-6-8-12;/h4-5,7-15H,1-3H3;4-7,9-11H,1-3H3;/q2*-1;. The Morgan fingerprint density at radius 1 is 0.644 bits per heavy atom. The fourth-order valence-electron chi connectivity index (χ4n) is 5.48. The Bertz CT molecular complexity index is 2060. The minimum atomic E-state index is -1.23. The van der Waals surface area contributed by atoms with Crippen LogP contribution in [0.1, 0.15) is 16.7 Å². The number of hydrogen-bond acceptors (Lipinski definition) is 3. The number of nitrogens with zero attached hydrogens (tertiary/aromatic N) is 2. The van der Waals surface area contributed by atoms with Crippen molar-refractivity contribution in [3.63, 3.8) is 0 Å². The zero-order valence-corrected chi connectivity index (χ0v) is 29.9. The van der Waals surface area contributed by atoms with E-state index in [4.69, 9.17) is 4.42 Å². The Labute approximate surface area is 280 Å². The van der Waals surface area contributed by atoms with Crippen molar-refractivity contribution in [3.05, 3.63) is 138 Å². The van der Waals surface area contributed by atoms with Crippen LogP contribution in [0.5, 0.6) is 0 Å². The zero-order chi connectivity index (χ0) is 30.8. The first kappa shape index (κ1) is 32.2. The number of pyridine rings is 2. The van der Waals surface area contributed by atoms with E-state index in [1.165, 1.54) is 27.4 Å². The van der Waals surface area contributed by atoms with E-state index in [1.54, 1.807) is 0 Å². The van der Waals surface area contributed by atoms with Crippen LogP contribution < -0.4 is 5.19 Å². The van der Waals surface area contributed by atoms with Crippen LogP contribution in [-0.4, -0.2) is 18.0 Å². The van der Waals surface area contributed by atoms with Gasteiger partial charge in [-0.15, -0.1) is 54.1 Å². The van der Waals surface area contributed by atoms with Gasteiger partial charge in [0.25, 0.3) is 0 Å². The molecule has 3 aromatic heterocycles. The van der Waals surface area contributed by atoms with Crippen molar-refractivity contribution in [3.8, 4) is 33.6 Å². The molecule has 0 bridgehead atoms. The van der Waals surface area contributed by atoms with Crippen molar-refractivity contribution < 1.29 is 24.5 Å². The van der Waals surface area contributed by atoms with Crippen molar-refractivity contribution in [2.24, 2.45) is 0 Å². The van der Waals surface area contributed by atoms with E-state index in [0.29, 0.717) is 0 Å². The summed E-state index contributed by atoms with van der Waals surface area (Å²) >= 11 is 0. The molecule has 0 N–H and O–H groups in total. The summed E-state index contributed by atoms with van der Waals surface area (Å²) < 4.78 is 6.33. The molecule has 3 nitrogen and oxygen atoms in total. The third-order valence-electron chi connectivity index (χ3n) is 7.77. The third kappa shape index (κ3) is 7.23. The minimum Gasteiger partial charge on any atom is -0.501 e. The molecule has 3 heterocycles. The summed E-state index contributed by atoms with van der Waals surface area (Å²) in [7, 11) is -1.23. The fraction of sp³-hybridized carbons (Fsp3) is 0.150. The molecule has 0 aliphatic rings. The van der Waals surface area contributed by atoms with Crippen LogP contribution in [0.15, 0.2) is 114 Å². The van der Waals surface area contributed by atoms with Gasteiger partial charge in [-0.1, -0.05) is 95.8 Å². The van der Waals surface area contributed by atoms with Gasteiger partial charge in [0.05, 0.1) is 13.7 Å². The van der Waals surface area contributed by atoms with Gasteiger partial charge in [0.1, 0.15) is 5.58 Å². The molecule has 0 fully saturated rings. The molecule has 0 atom stereocenters. The Morgan fingerprint density at radius 3 is 2.11 bits per heavy atom. The molecule has 0 spiro atoms. The number of hydrogen-bond donors (Lipinski definition) is 0. The monoisotopic (exact) mass is 781 g/mol. The molecule has 1 radical (unpaired) electrons. The van der Waals surface area contributed by atoms with Crippen LogP contribution in [0.25, 0.3) is 55.6 Å². The SMILES string of the molecule is C[Si](C)(C)c1ccc(-c2[c-]cccc2)nc1.Cc1cc(C)cc(-c2ccc3c(c2)oc2c(-c4cc(C)ccn4)[c-]ccc23)c1.[Ir]. The van der Waals surface area contributed by atoms with E-state index in [0.717, 1.165) is 50.0 Å². The Hall–Kier alpha value is -4.15. The predicted octanol–water partition coefficient (Wildman–Crippen LogP) is 10.1. The van der Waals surface area contributed by atoms with E-state index >= 15 is 0 Å². The molecule has 7 aromatic rings. The molecule has 0 saturated carbocycles. The molecule has 45 heavy (non-hydrogen) atoms. The first-order valence-electron chi connectivity index (χ1n) is 15.0. The van der Waals surface area contributed by atoms with Crippen LogP contribution in [0, 0.1) is 32.9 Å². The predicted molar refractivity (Wildman–Crippen MR) is 187 cm³/mol. The summed E-state index contributed by atoms with van der Waals surface area (Å²) in [6, 6.07) is 39.9. The Balaban J connectivity index is 0.000000202. The summed E-state index contributed by atoms with van der Waals surface area (Å²) in [4.78, 5) is 9.04.